The smallest absolute Gasteiger partial charge is 0.0455 e. The first kappa shape index (κ1) is 23.8. The van der Waals surface area contributed by atoms with Crippen LogP contribution in [0, 0.1) is 0 Å². The van der Waals surface area contributed by atoms with Gasteiger partial charge in [-0.05, 0) is 58.2 Å². The minimum atomic E-state index is 0. The minimum absolute atomic E-state index is 0. The highest BCUT2D eigenvalue weighted by molar-refractivity contribution is 5.85. The number of hydrogen-bond donors (Lipinski definition) is 1. The quantitative estimate of drug-likeness (QED) is 0.672. The zero-order chi connectivity index (χ0) is 16.8. The minimum Gasteiger partial charge on any atom is -0.311 e. The molecule has 2 aliphatic carbocycles. The van der Waals surface area contributed by atoms with Gasteiger partial charge in [-0.2, -0.15) is 0 Å². The molecule has 1 N–H and O–H groups in total. The number of nitrogens with zero attached hydrogens (tertiary/aromatic N) is 1. The average molecular weight is 401 g/mol. The highest BCUT2D eigenvalue weighted by atomic mass is 35.5. The summed E-state index contributed by atoms with van der Waals surface area (Å²) in [6.45, 7) is 0. The maximum atomic E-state index is 4.04. The molecule has 0 bridgehead atoms. The lowest BCUT2D eigenvalue weighted by Crippen LogP contribution is -2.49. The number of hydrogen-bond acceptors (Lipinski definition) is 2. The standard InChI is InChI=1S/C22H36N2.2ClH/c1-24(2)22(19-11-7-6-8-12-19)17-15-21(16-18-22)23-20-13-9-4-3-5-10-14-20;;/h6-8,11-12,20-21,23H,3-5,9-10,13-18H2,1-2H3;2*1H. The van der Waals surface area contributed by atoms with Gasteiger partial charge >= 0.3 is 0 Å². The van der Waals surface area contributed by atoms with Gasteiger partial charge < -0.3 is 5.32 Å². The molecule has 150 valence electrons. The third kappa shape index (κ3) is 5.86. The van der Waals surface area contributed by atoms with Crippen molar-refractivity contribution in [2.24, 2.45) is 0 Å². The molecule has 0 radical (unpaired) electrons. The Balaban J connectivity index is 0.00000169. The molecule has 0 aliphatic heterocycles. The summed E-state index contributed by atoms with van der Waals surface area (Å²) in [6, 6.07) is 12.7. The van der Waals surface area contributed by atoms with Gasteiger partial charge in [0.2, 0.25) is 0 Å². The van der Waals surface area contributed by atoms with Gasteiger partial charge in [-0.25, -0.2) is 0 Å². The summed E-state index contributed by atoms with van der Waals surface area (Å²) in [5.74, 6) is 0. The Morgan fingerprint density at radius 1 is 0.769 bits per heavy atom. The molecular weight excluding hydrogens is 363 g/mol. The van der Waals surface area contributed by atoms with Crippen LogP contribution in [-0.4, -0.2) is 31.1 Å². The largest absolute Gasteiger partial charge is 0.311 e. The molecule has 1 aromatic rings. The lowest BCUT2D eigenvalue weighted by molar-refractivity contribution is 0.0823. The topological polar surface area (TPSA) is 15.3 Å². The van der Waals surface area contributed by atoms with Crippen LogP contribution in [0.1, 0.15) is 76.2 Å². The predicted octanol–water partition coefficient (Wildman–Crippen LogP) is 5.93. The van der Waals surface area contributed by atoms with Gasteiger partial charge in [0, 0.05) is 17.6 Å². The van der Waals surface area contributed by atoms with E-state index in [1.807, 2.05) is 0 Å². The van der Waals surface area contributed by atoms with E-state index < -0.39 is 0 Å². The Labute approximate surface area is 173 Å². The third-order valence-electron chi connectivity index (χ3n) is 6.56. The SMILES string of the molecule is CN(C)C1(c2ccccc2)CCC(NC2CCCCCCC2)CC1.Cl.Cl. The summed E-state index contributed by atoms with van der Waals surface area (Å²) < 4.78 is 0. The van der Waals surface area contributed by atoms with E-state index in [1.165, 1.54) is 76.2 Å². The fourth-order valence-corrected chi connectivity index (χ4v) is 4.96. The predicted molar refractivity (Wildman–Crippen MR) is 118 cm³/mol. The summed E-state index contributed by atoms with van der Waals surface area (Å²) in [7, 11) is 4.52. The fraction of sp³-hybridized carbons (Fsp3) is 0.727. The number of halogens is 2. The van der Waals surface area contributed by atoms with Gasteiger partial charge in [-0.1, -0.05) is 62.4 Å². The van der Waals surface area contributed by atoms with E-state index >= 15 is 0 Å². The monoisotopic (exact) mass is 400 g/mol. The number of benzene rings is 1. The van der Waals surface area contributed by atoms with Gasteiger partial charge in [-0.15, -0.1) is 24.8 Å². The number of rotatable bonds is 4. The lowest BCUT2D eigenvalue weighted by Gasteiger charge is -2.46. The Morgan fingerprint density at radius 2 is 1.27 bits per heavy atom. The van der Waals surface area contributed by atoms with Crippen LogP contribution < -0.4 is 5.32 Å². The van der Waals surface area contributed by atoms with Gasteiger partial charge in [0.05, 0.1) is 0 Å². The van der Waals surface area contributed by atoms with E-state index in [-0.39, 0.29) is 30.4 Å². The van der Waals surface area contributed by atoms with E-state index in [0.29, 0.717) is 0 Å². The molecule has 3 rings (SSSR count). The first-order valence-electron chi connectivity index (χ1n) is 10.2. The second-order valence-corrected chi connectivity index (χ2v) is 8.28. The Bertz CT molecular complexity index is 476. The first-order valence-corrected chi connectivity index (χ1v) is 10.2. The lowest BCUT2D eigenvalue weighted by atomic mass is 9.74. The van der Waals surface area contributed by atoms with Crippen molar-refractivity contribution in [2.75, 3.05) is 14.1 Å². The highest BCUT2D eigenvalue weighted by Gasteiger charge is 2.38. The molecule has 26 heavy (non-hydrogen) atoms. The van der Waals surface area contributed by atoms with Gasteiger partial charge in [0.15, 0.2) is 0 Å². The molecule has 0 atom stereocenters. The summed E-state index contributed by atoms with van der Waals surface area (Å²) in [6.07, 6.45) is 15.2. The van der Waals surface area contributed by atoms with Crippen LogP contribution in [0.15, 0.2) is 30.3 Å². The van der Waals surface area contributed by atoms with Crippen molar-refractivity contribution in [3.8, 4) is 0 Å². The van der Waals surface area contributed by atoms with E-state index in [1.54, 1.807) is 0 Å². The van der Waals surface area contributed by atoms with Gasteiger partial charge in [-0.3, -0.25) is 4.90 Å². The zero-order valence-corrected chi connectivity index (χ0v) is 18.2. The van der Waals surface area contributed by atoms with Crippen molar-refractivity contribution >= 4 is 24.8 Å². The van der Waals surface area contributed by atoms with E-state index in [4.69, 9.17) is 0 Å². The Morgan fingerprint density at radius 3 is 1.81 bits per heavy atom. The maximum Gasteiger partial charge on any atom is 0.0455 e. The molecule has 0 saturated heterocycles. The third-order valence-corrected chi connectivity index (χ3v) is 6.56. The second-order valence-electron chi connectivity index (χ2n) is 8.28. The van der Waals surface area contributed by atoms with Crippen molar-refractivity contribution in [3.63, 3.8) is 0 Å². The maximum absolute atomic E-state index is 4.04. The average Bonchev–Trinajstić information content (AvgIpc) is 2.58. The molecule has 2 nitrogen and oxygen atoms in total. The molecular formula is C22H38Cl2N2. The summed E-state index contributed by atoms with van der Waals surface area (Å²) in [5, 5.41) is 4.04. The van der Waals surface area contributed by atoms with E-state index in [0.717, 1.165) is 12.1 Å². The normalized spacial score (nSPS) is 27.7. The molecule has 0 amide bonds. The summed E-state index contributed by atoms with van der Waals surface area (Å²) in [4.78, 5) is 2.47. The fourth-order valence-electron chi connectivity index (χ4n) is 4.96. The second kappa shape index (κ2) is 11.5. The van der Waals surface area contributed by atoms with Crippen LogP contribution in [0.25, 0.3) is 0 Å². The molecule has 4 heteroatoms. The first-order chi connectivity index (χ1) is 11.7. The molecule has 1 aromatic carbocycles. The number of nitrogens with one attached hydrogen (secondary N) is 1. The van der Waals surface area contributed by atoms with Gasteiger partial charge in [0.25, 0.3) is 0 Å². The van der Waals surface area contributed by atoms with Gasteiger partial charge in [0.1, 0.15) is 0 Å². The highest BCUT2D eigenvalue weighted by Crippen LogP contribution is 2.41. The molecule has 0 heterocycles. The summed E-state index contributed by atoms with van der Waals surface area (Å²) in [5.41, 5.74) is 1.74. The molecule has 0 unspecified atom stereocenters. The van der Waals surface area contributed by atoms with Crippen LogP contribution in [0.2, 0.25) is 0 Å². The van der Waals surface area contributed by atoms with Crippen LogP contribution in [0.4, 0.5) is 0 Å². The molecule has 2 fully saturated rings. The van der Waals surface area contributed by atoms with E-state index in [2.05, 4.69) is 54.6 Å². The van der Waals surface area contributed by atoms with Crippen LogP contribution in [0.5, 0.6) is 0 Å². The summed E-state index contributed by atoms with van der Waals surface area (Å²) >= 11 is 0. The molecule has 0 aromatic heterocycles. The van der Waals surface area contributed by atoms with Crippen molar-refractivity contribution in [1.29, 1.82) is 0 Å². The Hall–Kier alpha value is -0.280. The van der Waals surface area contributed by atoms with Crippen LogP contribution >= 0.6 is 24.8 Å². The molecule has 2 saturated carbocycles. The molecule has 2 aliphatic rings. The van der Waals surface area contributed by atoms with E-state index in [9.17, 15) is 0 Å². The van der Waals surface area contributed by atoms with Crippen molar-refractivity contribution in [3.05, 3.63) is 35.9 Å². The van der Waals surface area contributed by atoms with Crippen molar-refractivity contribution in [1.82, 2.24) is 10.2 Å². The molecule has 0 spiro atoms. The van der Waals surface area contributed by atoms with Crippen molar-refractivity contribution < 1.29 is 0 Å². The van der Waals surface area contributed by atoms with Crippen molar-refractivity contribution in [2.45, 2.75) is 88.3 Å². The van der Waals surface area contributed by atoms with Crippen LogP contribution in [-0.2, 0) is 5.54 Å². The zero-order valence-electron chi connectivity index (χ0n) is 16.6. The van der Waals surface area contributed by atoms with Crippen LogP contribution in [0.3, 0.4) is 0 Å². The Kier molecular flexibility index (Phi) is 10.5.